The Labute approximate surface area is 130 Å². The highest BCUT2D eigenvalue weighted by Crippen LogP contribution is 2.31. The molecule has 21 heavy (non-hydrogen) atoms. The third-order valence-electron chi connectivity index (χ3n) is 4.33. The largest absolute Gasteiger partial charge is 0.480 e. The Morgan fingerprint density at radius 1 is 1.29 bits per heavy atom. The molecule has 1 aliphatic rings. The van der Waals surface area contributed by atoms with Crippen LogP contribution in [0.4, 0.5) is 0 Å². The van der Waals surface area contributed by atoms with Crippen LogP contribution in [0.3, 0.4) is 0 Å². The third kappa shape index (κ3) is 5.95. The van der Waals surface area contributed by atoms with Crippen molar-refractivity contribution in [3.63, 3.8) is 0 Å². The van der Waals surface area contributed by atoms with Gasteiger partial charge in [0.25, 0.3) is 0 Å². The normalized spacial score (nSPS) is 20.0. The van der Waals surface area contributed by atoms with Crippen LogP contribution < -0.4 is 5.32 Å². The van der Waals surface area contributed by atoms with Gasteiger partial charge in [0.05, 0.1) is 0 Å². The second-order valence-corrected chi connectivity index (χ2v) is 7.64. The van der Waals surface area contributed by atoms with E-state index in [1.54, 1.807) is 0 Å². The van der Waals surface area contributed by atoms with E-state index in [9.17, 15) is 9.90 Å². The molecule has 0 saturated heterocycles. The van der Waals surface area contributed by atoms with E-state index in [1.165, 1.54) is 19.3 Å². The fourth-order valence-electron chi connectivity index (χ4n) is 3.13. The predicted molar refractivity (Wildman–Crippen MR) is 87.6 cm³/mol. The molecule has 1 fully saturated rings. The standard InChI is InChI=1S/C17H34N2O2/c1-12(2)9-10-19(15-7-8-15)14(5)11-17(6,16(20)21)18-13(3)4/h12-15,18H,7-11H2,1-6H3,(H,20,21). The van der Waals surface area contributed by atoms with Gasteiger partial charge in [0.1, 0.15) is 5.54 Å². The molecule has 4 nitrogen and oxygen atoms in total. The molecule has 1 aliphatic carbocycles. The highest BCUT2D eigenvalue weighted by molar-refractivity contribution is 5.78. The number of hydrogen-bond acceptors (Lipinski definition) is 3. The van der Waals surface area contributed by atoms with Gasteiger partial charge in [0, 0.05) is 18.1 Å². The van der Waals surface area contributed by atoms with Crippen molar-refractivity contribution in [3.8, 4) is 0 Å². The first-order valence-electron chi connectivity index (χ1n) is 8.42. The molecule has 124 valence electrons. The molecule has 0 aromatic heterocycles. The number of carboxylic acid groups (broad SMARTS) is 1. The number of nitrogens with zero attached hydrogens (tertiary/aromatic N) is 1. The molecule has 0 aliphatic heterocycles. The Bertz CT molecular complexity index is 340. The minimum Gasteiger partial charge on any atom is -0.480 e. The predicted octanol–water partition coefficient (Wildman–Crippen LogP) is 3.12. The summed E-state index contributed by atoms with van der Waals surface area (Å²) in [6.45, 7) is 13.6. The molecule has 0 radical (unpaired) electrons. The molecule has 0 aromatic rings. The van der Waals surface area contributed by atoms with Crippen molar-refractivity contribution in [2.75, 3.05) is 6.54 Å². The molecule has 0 spiro atoms. The summed E-state index contributed by atoms with van der Waals surface area (Å²) in [7, 11) is 0. The lowest BCUT2D eigenvalue weighted by atomic mass is 9.91. The number of carbonyl (C=O) groups is 1. The summed E-state index contributed by atoms with van der Waals surface area (Å²) in [4.78, 5) is 14.2. The van der Waals surface area contributed by atoms with Gasteiger partial charge in [0.15, 0.2) is 0 Å². The van der Waals surface area contributed by atoms with Gasteiger partial charge in [-0.1, -0.05) is 13.8 Å². The fourth-order valence-corrected chi connectivity index (χ4v) is 3.13. The summed E-state index contributed by atoms with van der Waals surface area (Å²) in [6, 6.07) is 1.14. The van der Waals surface area contributed by atoms with Gasteiger partial charge in [0.2, 0.25) is 0 Å². The highest BCUT2D eigenvalue weighted by Gasteiger charge is 2.39. The monoisotopic (exact) mass is 298 g/mol. The van der Waals surface area contributed by atoms with E-state index in [2.05, 4.69) is 31.0 Å². The first-order valence-corrected chi connectivity index (χ1v) is 8.42. The zero-order chi connectivity index (χ0) is 16.2. The average molecular weight is 298 g/mol. The molecule has 4 heteroatoms. The summed E-state index contributed by atoms with van der Waals surface area (Å²) in [6.07, 6.45) is 4.37. The topological polar surface area (TPSA) is 52.6 Å². The Kier molecular flexibility index (Phi) is 6.67. The van der Waals surface area contributed by atoms with E-state index < -0.39 is 11.5 Å². The molecule has 0 amide bonds. The molecular weight excluding hydrogens is 264 g/mol. The van der Waals surface area contributed by atoms with E-state index in [1.807, 2.05) is 20.8 Å². The van der Waals surface area contributed by atoms with Crippen LogP contribution in [-0.4, -0.2) is 46.2 Å². The first-order chi connectivity index (χ1) is 9.65. The van der Waals surface area contributed by atoms with Crippen LogP contribution in [0.5, 0.6) is 0 Å². The van der Waals surface area contributed by atoms with Gasteiger partial charge in [-0.25, -0.2) is 0 Å². The van der Waals surface area contributed by atoms with Crippen LogP contribution in [0.1, 0.15) is 67.2 Å². The summed E-state index contributed by atoms with van der Waals surface area (Å²) in [5.41, 5.74) is -0.849. The van der Waals surface area contributed by atoms with Crippen molar-refractivity contribution in [1.29, 1.82) is 0 Å². The molecule has 2 unspecified atom stereocenters. The Balaban J connectivity index is 2.68. The first kappa shape index (κ1) is 18.4. The molecule has 1 rings (SSSR count). The van der Waals surface area contributed by atoms with E-state index in [-0.39, 0.29) is 6.04 Å². The number of aliphatic carboxylic acids is 1. The fraction of sp³-hybridized carbons (Fsp3) is 0.941. The lowest BCUT2D eigenvalue weighted by molar-refractivity contribution is -0.145. The van der Waals surface area contributed by atoms with Crippen LogP contribution in [0, 0.1) is 5.92 Å². The van der Waals surface area contributed by atoms with Crippen molar-refractivity contribution < 1.29 is 9.90 Å². The van der Waals surface area contributed by atoms with Crippen LogP contribution in [0.2, 0.25) is 0 Å². The van der Waals surface area contributed by atoms with Gasteiger partial charge < -0.3 is 5.11 Å². The van der Waals surface area contributed by atoms with Crippen LogP contribution in [0.15, 0.2) is 0 Å². The molecular formula is C17H34N2O2. The lowest BCUT2D eigenvalue weighted by Gasteiger charge is -2.37. The maximum Gasteiger partial charge on any atom is 0.323 e. The van der Waals surface area contributed by atoms with Gasteiger partial charge in [-0.05, 0) is 65.8 Å². The SMILES string of the molecule is CC(C)CCN(C(C)CC(C)(NC(C)C)C(=O)O)C1CC1. The summed E-state index contributed by atoms with van der Waals surface area (Å²) in [5, 5.41) is 12.8. The van der Waals surface area contributed by atoms with Crippen molar-refractivity contribution in [1.82, 2.24) is 10.2 Å². The van der Waals surface area contributed by atoms with Crippen molar-refractivity contribution in [2.45, 2.75) is 90.9 Å². The van der Waals surface area contributed by atoms with E-state index in [0.717, 1.165) is 6.54 Å². The van der Waals surface area contributed by atoms with Crippen molar-refractivity contribution >= 4 is 5.97 Å². The number of nitrogens with one attached hydrogen (secondary N) is 1. The number of rotatable bonds is 10. The molecule has 0 heterocycles. The van der Waals surface area contributed by atoms with Crippen molar-refractivity contribution in [2.24, 2.45) is 5.92 Å². The molecule has 1 saturated carbocycles. The second-order valence-electron chi connectivity index (χ2n) is 7.64. The summed E-state index contributed by atoms with van der Waals surface area (Å²) >= 11 is 0. The molecule has 0 bridgehead atoms. The molecule has 0 aromatic carbocycles. The van der Waals surface area contributed by atoms with Crippen LogP contribution in [-0.2, 0) is 4.79 Å². The van der Waals surface area contributed by atoms with E-state index >= 15 is 0 Å². The summed E-state index contributed by atoms with van der Waals surface area (Å²) in [5.74, 6) is -0.0549. The second kappa shape index (κ2) is 7.59. The number of hydrogen-bond donors (Lipinski definition) is 2. The Hall–Kier alpha value is -0.610. The minimum atomic E-state index is -0.849. The lowest BCUT2D eigenvalue weighted by Crippen LogP contribution is -2.56. The Morgan fingerprint density at radius 3 is 2.24 bits per heavy atom. The minimum absolute atomic E-state index is 0.170. The van der Waals surface area contributed by atoms with E-state index in [4.69, 9.17) is 0 Å². The van der Waals surface area contributed by atoms with Crippen LogP contribution in [0.25, 0.3) is 0 Å². The maximum absolute atomic E-state index is 11.7. The van der Waals surface area contributed by atoms with E-state index in [0.29, 0.717) is 24.4 Å². The van der Waals surface area contributed by atoms with Gasteiger partial charge >= 0.3 is 5.97 Å². The number of carboxylic acids is 1. The van der Waals surface area contributed by atoms with Gasteiger partial charge in [-0.15, -0.1) is 0 Å². The van der Waals surface area contributed by atoms with Gasteiger partial charge in [-0.2, -0.15) is 0 Å². The summed E-state index contributed by atoms with van der Waals surface area (Å²) < 4.78 is 0. The molecule has 2 N–H and O–H groups in total. The highest BCUT2D eigenvalue weighted by atomic mass is 16.4. The van der Waals surface area contributed by atoms with Gasteiger partial charge in [-0.3, -0.25) is 15.0 Å². The Morgan fingerprint density at radius 2 is 1.86 bits per heavy atom. The molecule has 2 atom stereocenters. The van der Waals surface area contributed by atoms with Crippen molar-refractivity contribution in [3.05, 3.63) is 0 Å². The quantitative estimate of drug-likeness (QED) is 0.650. The average Bonchev–Trinajstić information content (AvgIpc) is 3.11. The van der Waals surface area contributed by atoms with Crippen LogP contribution >= 0.6 is 0 Å². The zero-order valence-corrected chi connectivity index (χ0v) is 14.6. The smallest absolute Gasteiger partial charge is 0.323 e. The zero-order valence-electron chi connectivity index (χ0n) is 14.6. The third-order valence-corrected chi connectivity index (χ3v) is 4.33. The maximum atomic E-state index is 11.7.